The lowest BCUT2D eigenvalue weighted by atomic mass is 10.2. The van der Waals surface area contributed by atoms with Gasteiger partial charge in [0.15, 0.2) is 0 Å². The molecular formula is C11H13N3O. The first-order chi connectivity index (χ1) is 7.24. The van der Waals surface area contributed by atoms with E-state index in [0.717, 1.165) is 22.3 Å². The summed E-state index contributed by atoms with van der Waals surface area (Å²) in [5.41, 5.74) is 1.86. The van der Waals surface area contributed by atoms with Gasteiger partial charge in [-0.05, 0) is 19.1 Å². The molecule has 0 aliphatic heterocycles. The van der Waals surface area contributed by atoms with E-state index in [2.05, 4.69) is 15.3 Å². The van der Waals surface area contributed by atoms with Gasteiger partial charge in [-0.25, -0.2) is 9.97 Å². The number of methoxy groups -OCH3 is 1. The van der Waals surface area contributed by atoms with Crippen LogP contribution in [0, 0.1) is 6.92 Å². The summed E-state index contributed by atoms with van der Waals surface area (Å²) >= 11 is 0. The van der Waals surface area contributed by atoms with Gasteiger partial charge in [-0.1, -0.05) is 0 Å². The highest BCUT2D eigenvalue weighted by molar-refractivity contribution is 5.83. The molecule has 0 aliphatic carbocycles. The fourth-order valence-corrected chi connectivity index (χ4v) is 1.51. The Hall–Kier alpha value is -1.84. The van der Waals surface area contributed by atoms with Crippen molar-refractivity contribution in [3.8, 4) is 5.75 Å². The average Bonchev–Trinajstić information content (AvgIpc) is 2.28. The Morgan fingerprint density at radius 3 is 2.73 bits per heavy atom. The molecule has 0 unspecified atom stereocenters. The Bertz CT molecular complexity index is 491. The van der Waals surface area contributed by atoms with Crippen molar-refractivity contribution in [2.75, 3.05) is 19.5 Å². The Balaban J connectivity index is 2.69. The van der Waals surface area contributed by atoms with Crippen molar-refractivity contribution in [1.29, 1.82) is 0 Å². The largest absolute Gasteiger partial charge is 0.497 e. The number of aryl methyl sites for hydroxylation is 1. The molecule has 0 amide bonds. The molecule has 0 atom stereocenters. The fourth-order valence-electron chi connectivity index (χ4n) is 1.51. The lowest BCUT2D eigenvalue weighted by molar-refractivity contribution is 0.415. The first kappa shape index (κ1) is 9.71. The van der Waals surface area contributed by atoms with Crippen LogP contribution in [0.3, 0.4) is 0 Å². The van der Waals surface area contributed by atoms with Crippen molar-refractivity contribution in [3.05, 3.63) is 23.9 Å². The van der Waals surface area contributed by atoms with Crippen LogP contribution in [0.1, 0.15) is 5.69 Å². The van der Waals surface area contributed by atoms with Gasteiger partial charge in [-0.2, -0.15) is 0 Å². The van der Waals surface area contributed by atoms with Crippen LogP contribution in [0.5, 0.6) is 5.75 Å². The number of anilines is 1. The zero-order valence-electron chi connectivity index (χ0n) is 9.03. The van der Waals surface area contributed by atoms with E-state index in [1.165, 1.54) is 0 Å². The maximum Gasteiger partial charge on any atom is 0.223 e. The van der Waals surface area contributed by atoms with Crippen LogP contribution < -0.4 is 10.1 Å². The fraction of sp³-hybridized carbons (Fsp3) is 0.273. The van der Waals surface area contributed by atoms with Gasteiger partial charge in [-0.15, -0.1) is 0 Å². The van der Waals surface area contributed by atoms with Crippen molar-refractivity contribution in [2.45, 2.75) is 6.92 Å². The van der Waals surface area contributed by atoms with Gasteiger partial charge < -0.3 is 10.1 Å². The molecule has 0 aliphatic rings. The number of fused-ring (bicyclic) bond motifs is 1. The third-order valence-electron chi connectivity index (χ3n) is 2.32. The molecule has 0 radical (unpaired) electrons. The molecular weight excluding hydrogens is 190 g/mol. The summed E-state index contributed by atoms with van der Waals surface area (Å²) in [4.78, 5) is 8.67. The second-order valence-electron chi connectivity index (χ2n) is 3.27. The number of hydrogen-bond acceptors (Lipinski definition) is 4. The summed E-state index contributed by atoms with van der Waals surface area (Å²) < 4.78 is 5.15. The van der Waals surface area contributed by atoms with Crippen molar-refractivity contribution < 1.29 is 4.74 Å². The number of aromatic nitrogens is 2. The van der Waals surface area contributed by atoms with Crippen molar-refractivity contribution >= 4 is 16.9 Å². The summed E-state index contributed by atoms with van der Waals surface area (Å²) in [7, 11) is 3.45. The highest BCUT2D eigenvalue weighted by Crippen LogP contribution is 2.21. The molecule has 4 heteroatoms. The molecule has 0 bridgehead atoms. The Labute approximate surface area is 88.3 Å². The van der Waals surface area contributed by atoms with Gasteiger partial charge in [0.1, 0.15) is 5.75 Å². The second-order valence-corrected chi connectivity index (χ2v) is 3.27. The van der Waals surface area contributed by atoms with Crippen LogP contribution in [-0.4, -0.2) is 24.1 Å². The van der Waals surface area contributed by atoms with Crippen LogP contribution in [-0.2, 0) is 0 Å². The molecule has 78 valence electrons. The molecule has 0 fully saturated rings. The van der Waals surface area contributed by atoms with E-state index in [0.29, 0.717) is 5.95 Å². The van der Waals surface area contributed by atoms with Crippen molar-refractivity contribution in [1.82, 2.24) is 9.97 Å². The Morgan fingerprint density at radius 1 is 1.27 bits per heavy atom. The lowest BCUT2D eigenvalue weighted by Gasteiger charge is -2.06. The number of rotatable bonds is 2. The predicted molar refractivity (Wildman–Crippen MR) is 60.4 cm³/mol. The summed E-state index contributed by atoms with van der Waals surface area (Å²) in [6, 6.07) is 5.80. The minimum Gasteiger partial charge on any atom is -0.497 e. The minimum atomic E-state index is 0.633. The number of hydrogen-bond donors (Lipinski definition) is 1. The van der Waals surface area contributed by atoms with Gasteiger partial charge in [0, 0.05) is 18.5 Å². The van der Waals surface area contributed by atoms with E-state index >= 15 is 0 Å². The second kappa shape index (κ2) is 3.73. The third-order valence-corrected chi connectivity index (χ3v) is 2.32. The van der Waals surface area contributed by atoms with Crippen LogP contribution in [0.2, 0.25) is 0 Å². The highest BCUT2D eigenvalue weighted by Gasteiger charge is 2.04. The molecule has 2 rings (SSSR count). The van der Waals surface area contributed by atoms with Gasteiger partial charge in [0.25, 0.3) is 0 Å². The minimum absolute atomic E-state index is 0.633. The third kappa shape index (κ3) is 1.70. The first-order valence-electron chi connectivity index (χ1n) is 4.74. The number of benzene rings is 1. The van der Waals surface area contributed by atoms with Crippen LogP contribution in [0.15, 0.2) is 18.2 Å². The SMILES string of the molecule is CNc1nc(C)c2ccc(OC)cc2n1. The summed E-state index contributed by atoms with van der Waals surface area (Å²) in [5, 5.41) is 3.99. The Morgan fingerprint density at radius 2 is 2.07 bits per heavy atom. The zero-order chi connectivity index (χ0) is 10.8. The normalized spacial score (nSPS) is 10.3. The monoisotopic (exact) mass is 203 g/mol. The maximum absolute atomic E-state index is 5.15. The molecule has 0 saturated carbocycles. The number of ether oxygens (including phenoxy) is 1. The molecule has 1 heterocycles. The first-order valence-corrected chi connectivity index (χ1v) is 4.74. The molecule has 0 saturated heterocycles. The quantitative estimate of drug-likeness (QED) is 0.810. The van der Waals surface area contributed by atoms with Crippen molar-refractivity contribution in [3.63, 3.8) is 0 Å². The molecule has 15 heavy (non-hydrogen) atoms. The van der Waals surface area contributed by atoms with E-state index in [-0.39, 0.29) is 0 Å². The summed E-state index contributed by atoms with van der Waals surface area (Å²) in [6.45, 7) is 1.97. The summed E-state index contributed by atoms with van der Waals surface area (Å²) in [5.74, 6) is 1.44. The topological polar surface area (TPSA) is 47.0 Å². The standard InChI is InChI=1S/C11H13N3O/c1-7-9-5-4-8(15-3)6-10(9)14-11(12-2)13-7/h4-6H,1-3H3,(H,12,13,14). The van der Waals surface area contributed by atoms with Crippen LogP contribution >= 0.6 is 0 Å². The highest BCUT2D eigenvalue weighted by atomic mass is 16.5. The predicted octanol–water partition coefficient (Wildman–Crippen LogP) is 1.99. The molecule has 4 nitrogen and oxygen atoms in total. The molecule has 1 aromatic carbocycles. The Kier molecular flexibility index (Phi) is 2.41. The van der Waals surface area contributed by atoms with E-state index in [1.807, 2.05) is 25.1 Å². The number of nitrogens with one attached hydrogen (secondary N) is 1. The van der Waals surface area contributed by atoms with Gasteiger partial charge in [0.2, 0.25) is 5.95 Å². The van der Waals surface area contributed by atoms with E-state index < -0.39 is 0 Å². The van der Waals surface area contributed by atoms with Gasteiger partial charge >= 0.3 is 0 Å². The van der Waals surface area contributed by atoms with Gasteiger partial charge in [0.05, 0.1) is 18.3 Å². The van der Waals surface area contributed by atoms with E-state index in [1.54, 1.807) is 14.2 Å². The molecule has 0 spiro atoms. The summed E-state index contributed by atoms with van der Waals surface area (Å²) in [6.07, 6.45) is 0. The van der Waals surface area contributed by atoms with E-state index in [4.69, 9.17) is 4.74 Å². The molecule has 1 aromatic heterocycles. The lowest BCUT2D eigenvalue weighted by Crippen LogP contribution is -1.98. The van der Waals surface area contributed by atoms with E-state index in [9.17, 15) is 0 Å². The van der Waals surface area contributed by atoms with Crippen LogP contribution in [0.4, 0.5) is 5.95 Å². The molecule has 2 aromatic rings. The number of nitrogens with zero attached hydrogens (tertiary/aromatic N) is 2. The molecule has 1 N–H and O–H groups in total. The smallest absolute Gasteiger partial charge is 0.223 e. The maximum atomic E-state index is 5.15. The van der Waals surface area contributed by atoms with Gasteiger partial charge in [-0.3, -0.25) is 0 Å². The average molecular weight is 203 g/mol. The van der Waals surface area contributed by atoms with Crippen LogP contribution in [0.25, 0.3) is 10.9 Å². The zero-order valence-corrected chi connectivity index (χ0v) is 9.03. The van der Waals surface area contributed by atoms with Crippen molar-refractivity contribution in [2.24, 2.45) is 0 Å².